The molecule has 1 rings (SSSR count). The number of hydrogen-bond acceptors (Lipinski definition) is 2. The summed E-state index contributed by atoms with van der Waals surface area (Å²) in [6.45, 7) is 4.06. The largest absolute Gasteiger partial charge is 0.356 e. The van der Waals surface area contributed by atoms with Gasteiger partial charge in [-0.05, 0) is 51.6 Å². The van der Waals surface area contributed by atoms with E-state index in [9.17, 15) is 4.79 Å². The first kappa shape index (κ1) is 12.5. The van der Waals surface area contributed by atoms with Gasteiger partial charge in [0, 0.05) is 12.5 Å². The maximum atomic E-state index is 11.7. The summed E-state index contributed by atoms with van der Waals surface area (Å²) in [6.07, 6.45) is 5.62. The molecule has 0 bridgehead atoms. The molecule has 1 fully saturated rings. The normalized spacial score (nSPS) is 26.3. The van der Waals surface area contributed by atoms with E-state index >= 15 is 0 Å². The average molecular weight is 212 g/mol. The lowest BCUT2D eigenvalue weighted by Crippen LogP contribution is -2.34. The van der Waals surface area contributed by atoms with Crippen LogP contribution in [0.5, 0.6) is 0 Å². The molecule has 0 spiro atoms. The molecular formula is C12H24N2O. The van der Waals surface area contributed by atoms with E-state index in [4.69, 9.17) is 0 Å². The van der Waals surface area contributed by atoms with Crippen LogP contribution in [0, 0.1) is 11.8 Å². The lowest BCUT2D eigenvalue weighted by atomic mass is 9.82. The van der Waals surface area contributed by atoms with Gasteiger partial charge < -0.3 is 10.6 Å². The Balaban J connectivity index is 2.11. The molecule has 1 aliphatic rings. The van der Waals surface area contributed by atoms with Crippen molar-refractivity contribution in [3.05, 3.63) is 0 Å². The predicted molar refractivity (Wildman–Crippen MR) is 62.7 cm³/mol. The second-order valence-electron chi connectivity index (χ2n) is 4.70. The highest BCUT2D eigenvalue weighted by atomic mass is 16.1. The maximum Gasteiger partial charge on any atom is 0.223 e. The van der Waals surface area contributed by atoms with Crippen LogP contribution in [-0.2, 0) is 4.79 Å². The first-order valence-corrected chi connectivity index (χ1v) is 6.16. The second kappa shape index (κ2) is 6.83. The number of nitrogens with one attached hydrogen (secondary N) is 2. The summed E-state index contributed by atoms with van der Waals surface area (Å²) in [5.74, 6) is 1.38. The lowest BCUT2D eigenvalue weighted by Gasteiger charge is -2.25. The van der Waals surface area contributed by atoms with E-state index < -0.39 is 0 Å². The Hall–Kier alpha value is -0.570. The van der Waals surface area contributed by atoms with E-state index in [0.29, 0.717) is 0 Å². The Kier molecular flexibility index (Phi) is 5.69. The molecule has 3 nitrogen and oxygen atoms in total. The summed E-state index contributed by atoms with van der Waals surface area (Å²) >= 11 is 0. The number of carbonyl (C=O) groups excluding carboxylic acids is 1. The van der Waals surface area contributed by atoms with Gasteiger partial charge in [-0.2, -0.15) is 0 Å². The molecule has 88 valence electrons. The zero-order valence-corrected chi connectivity index (χ0v) is 10.0. The van der Waals surface area contributed by atoms with Gasteiger partial charge in [-0.25, -0.2) is 0 Å². The highest BCUT2D eigenvalue weighted by Gasteiger charge is 2.23. The standard InChI is InChI=1S/C12H24N2O/c1-10-4-6-11(7-5-10)12(15)14-9-3-8-13-2/h10-11,13H,3-9H2,1-2H3,(H,14,15). The summed E-state index contributed by atoms with van der Waals surface area (Å²) in [5.41, 5.74) is 0. The number of hydrogen-bond donors (Lipinski definition) is 2. The van der Waals surface area contributed by atoms with Crippen LogP contribution in [-0.4, -0.2) is 26.0 Å². The molecule has 1 aliphatic carbocycles. The van der Waals surface area contributed by atoms with Crippen LogP contribution < -0.4 is 10.6 Å². The molecule has 0 unspecified atom stereocenters. The Morgan fingerprint density at radius 3 is 2.47 bits per heavy atom. The Morgan fingerprint density at radius 2 is 1.87 bits per heavy atom. The molecule has 0 aromatic carbocycles. The molecule has 0 radical (unpaired) electrons. The van der Waals surface area contributed by atoms with Crippen molar-refractivity contribution < 1.29 is 4.79 Å². The third kappa shape index (κ3) is 4.65. The summed E-state index contributed by atoms with van der Waals surface area (Å²) in [7, 11) is 1.93. The van der Waals surface area contributed by atoms with Crippen molar-refractivity contribution in [3.63, 3.8) is 0 Å². The number of carbonyl (C=O) groups is 1. The van der Waals surface area contributed by atoms with E-state index in [1.165, 1.54) is 12.8 Å². The minimum Gasteiger partial charge on any atom is -0.356 e. The van der Waals surface area contributed by atoms with Crippen molar-refractivity contribution in [1.29, 1.82) is 0 Å². The molecule has 0 aliphatic heterocycles. The molecular weight excluding hydrogens is 188 g/mol. The van der Waals surface area contributed by atoms with E-state index in [1.54, 1.807) is 0 Å². The van der Waals surface area contributed by atoms with Gasteiger partial charge >= 0.3 is 0 Å². The Labute approximate surface area is 93.0 Å². The minimum absolute atomic E-state index is 0.276. The fraction of sp³-hybridized carbons (Fsp3) is 0.917. The van der Waals surface area contributed by atoms with E-state index in [0.717, 1.165) is 38.3 Å². The average Bonchev–Trinajstić information content (AvgIpc) is 2.25. The summed E-state index contributed by atoms with van der Waals surface area (Å²) in [5, 5.41) is 6.10. The third-order valence-electron chi connectivity index (χ3n) is 3.29. The monoisotopic (exact) mass is 212 g/mol. The van der Waals surface area contributed by atoms with E-state index in [-0.39, 0.29) is 11.8 Å². The van der Waals surface area contributed by atoms with Crippen LogP contribution in [0.4, 0.5) is 0 Å². The van der Waals surface area contributed by atoms with Crippen molar-refractivity contribution in [2.45, 2.75) is 39.0 Å². The molecule has 0 aromatic heterocycles. The van der Waals surface area contributed by atoms with Gasteiger partial charge in [-0.15, -0.1) is 0 Å². The predicted octanol–water partition coefficient (Wildman–Crippen LogP) is 1.54. The second-order valence-corrected chi connectivity index (χ2v) is 4.70. The Morgan fingerprint density at radius 1 is 1.20 bits per heavy atom. The fourth-order valence-electron chi connectivity index (χ4n) is 2.14. The smallest absolute Gasteiger partial charge is 0.223 e. The third-order valence-corrected chi connectivity index (χ3v) is 3.29. The van der Waals surface area contributed by atoms with Gasteiger partial charge in [0.05, 0.1) is 0 Å². The van der Waals surface area contributed by atoms with Crippen LogP contribution in [0.1, 0.15) is 39.0 Å². The highest BCUT2D eigenvalue weighted by molar-refractivity contribution is 5.78. The Bertz CT molecular complexity index is 186. The lowest BCUT2D eigenvalue weighted by molar-refractivity contribution is -0.126. The molecule has 15 heavy (non-hydrogen) atoms. The minimum atomic E-state index is 0.276. The van der Waals surface area contributed by atoms with E-state index in [1.807, 2.05) is 7.05 Å². The first-order valence-electron chi connectivity index (χ1n) is 6.16. The molecule has 0 heterocycles. The molecule has 2 N–H and O–H groups in total. The maximum absolute atomic E-state index is 11.7. The van der Waals surface area contributed by atoms with E-state index in [2.05, 4.69) is 17.6 Å². The molecule has 0 aromatic rings. The summed E-state index contributed by atoms with van der Waals surface area (Å²) in [4.78, 5) is 11.7. The van der Waals surface area contributed by atoms with Crippen molar-refractivity contribution in [2.75, 3.05) is 20.1 Å². The van der Waals surface area contributed by atoms with Crippen molar-refractivity contribution >= 4 is 5.91 Å². The molecule has 0 saturated heterocycles. The molecule has 0 atom stereocenters. The van der Waals surface area contributed by atoms with Crippen LogP contribution in [0.3, 0.4) is 0 Å². The van der Waals surface area contributed by atoms with Gasteiger partial charge in [0.2, 0.25) is 5.91 Å². The molecule has 1 amide bonds. The number of amides is 1. The van der Waals surface area contributed by atoms with Crippen LogP contribution in [0.25, 0.3) is 0 Å². The van der Waals surface area contributed by atoms with Gasteiger partial charge in [-0.1, -0.05) is 6.92 Å². The summed E-state index contributed by atoms with van der Waals surface area (Å²) < 4.78 is 0. The highest BCUT2D eigenvalue weighted by Crippen LogP contribution is 2.28. The SMILES string of the molecule is CNCCCNC(=O)C1CCC(C)CC1. The van der Waals surface area contributed by atoms with Crippen molar-refractivity contribution in [2.24, 2.45) is 11.8 Å². The molecule has 1 saturated carbocycles. The first-order chi connectivity index (χ1) is 7.24. The van der Waals surface area contributed by atoms with Gasteiger partial charge in [0.25, 0.3) is 0 Å². The number of rotatable bonds is 5. The van der Waals surface area contributed by atoms with Crippen LogP contribution in [0.15, 0.2) is 0 Å². The molecule has 3 heteroatoms. The van der Waals surface area contributed by atoms with Gasteiger partial charge in [0.15, 0.2) is 0 Å². The van der Waals surface area contributed by atoms with Gasteiger partial charge in [-0.3, -0.25) is 4.79 Å². The summed E-state index contributed by atoms with van der Waals surface area (Å²) in [6, 6.07) is 0. The fourth-order valence-corrected chi connectivity index (χ4v) is 2.14. The topological polar surface area (TPSA) is 41.1 Å². The zero-order valence-electron chi connectivity index (χ0n) is 10.0. The van der Waals surface area contributed by atoms with Crippen molar-refractivity contribution in [1.82, 2.24) is 10.6 Å². The van der Waals surface area contributed by atoms with Crippen molar-refractivity contribution in [3.8, 4) is 0 Å². The zero-order chi connectivity index (χ0) is 11.1. The van der Waals surface area contributed by atoms with Gasteiger partial charge in [0.1, 0.15) is 0 Å². The van der Waals surface area contributed by atoms with Crippen LogP contribution in [0.2, 0.25) is 0 Å². The van der Waals surface area contributed by atoms with Crippen LogP contribution >= 0.6 is 0 Å². The quantitative estimate of drug-likeness (QED) is 0.679.